The van der Waals surface area contributed by atoms with Gasteiger partial charge in [0.15, 0.2) is 0 Å². The van der Waals surface area contributed by atoms with Gasteiger partial charge in [0.25, 0.3) is 5.56 Å². The summed E-state index contributed by atoms with van der Waals surface area (Å²) in [7, 11) is 4.95. The van der Waals surface area contributed by atoms with Crippen LogP contribution in [0, 0.1) is 17.8 Å². The maximum absolute atomic E-state index is 13.8. The number of aliphatic hydroxyl groups excluding tert-OH is 1. The summed E-state index contributed by atoms with van der Waals surface area (Å²) in [5, 5.41) is 10.4. The average Bonchev–Trinajstić information content (AvgIpc) is 3.59. The van der Waals surface area contributed by atoms with Crippen LogP contribution in [-0.2, 0) is 16.1 Å². The van der Waals surface area contributed by atoms with Crippen molar-refractivity contribution in [1.82, 2.24) is 14.4 Å². The van der Waals surface area contributed by atoms with Gasteiger partial charge >= 0.3 is 0 Å². The van der Waals surface area contributed by atoms with Crippen LogP contribution in [0.25, 0.3) is 11.1 Å². The van der Waals surface area contributed by atoms with E-state index in [9.17, 15) is 19.5 Å². The summed E-state index contributed by atoms with van der Waals surface area (Å²) >= 11 is 0. The number of nitrogens with zero attached hydrogens (tertiary/aromatic N) is 3. The van der Waals surface area contributed by atoms with E-state index in [0.717, 1.165) is 36.9 Å². The molecule has 1 saturated heterocycles. The number of hydrogen-bond donors (Lipinski definition) is 1. The molecular formula is C27H33N3O5. The summed E-state index contributed by atoms with van der Waals surface area (Å²) in [5.74, 6) is -0.268. The summed E-state index contributed by atoms with van der Waals surface area (Å²) in [6.07, 6.45) is 3.66. The lowest BCUT2D eigenvalue weighted by molar-refractivity contribution is -0.148. The zero-order chi connectivity index (χ0) is 24.9. The molecule has 0 unspecified atom stereocenters. The van der Waals surface area contributed by atoms with Gasteiger partial charge in [-0.15, -0.1) is 0 Å². The maximum Gasteiger partial charge on any atom is 0.258 e. The number of likely N-dealkylation sites (N-methyl/N-ethyl adjacent to an activating group) is 1. The Morgan fingerprint density at radius 3 is 2.54 bits per heavy atom. The molecule has 4 atom stereocenters. The Bertz CT molecular complexity index is 1200. The van der Waals surface area contributed by atoms with E-state index >= 15 is 0 Å². The average molecular weight is 480 g/mol. The smallest absolute Gasteiger partial charge is 0.258 e. The van der Waals surface area contributed by atoms with Crippen LogP contribution >= 0.6 is 0 Å². The molecule has 2 aliphatic heterocycles. The highest BCUT2D eigenvalue weighted by atomic mass is 16.5. The highest BCUT2D eigenvalue weighted by Crippen LogP contribution is 2.50. The molecule has 2 amide bonds. The first-order valence-electron chi connectivity index (χ1n) is 12.4. The van der Waals surface area contributed by atoms with Crippen molar-refractivity contribution in [3.63, 3.8) is 0 Å². The van der Waals surface area contributed by atoms with Gasteiger partial charge in [-0.3, -0.25) is 14.4 Å². The van der Waals surface area contributed by atoms with E-state index in [1.54, 1.807) is 36.7 Å². The van der Waals surface area contributed by atoms with Gasteiger partial charge in [-0.1, -0.05) is 25.0 Å². The predicted octanol–water partition coefficient (Wildman–Crippen LogP) is 2.29. The van der Waals surface area contributed by atoms with Crippen molar-refractivity contribution >= 4 is 11.8 Å². The van der Waals surface area contributed by atoms with E-state index < -0.39 is 18.0 Å². The quantitative estimate of drug-likeness (QED) is 0.711. The van der Waals surface area contributed by atoms with Gasteiger partial charge in [0.05, 0.1) is 13.2 Å². The van der Waals surface area contributed by atoms with Gasteiger partial charge in [-0.25, -0.2) is 0 Å². The minimum absolute atomic E-state index is 0.0218. The second kappa shape index (κ2) is 9.15. The van der Waals surface area contributed by atoms with Crippen LogP contribution in [0.5, 0.6) is 5.75 Å². The molecule has 3 heterocycles. The number of amides is 2. The standard InChI is InChI=1S/C27H33N3O5/c1-28(2)27(34)24-21(15-31)20-14-29-22(23(20)30(24)25(32)16-7-4-5-8-16)12-11-19(26(29)33)17-9-6-10-18(13-17)35-3/h6,9-13,16,20-21,23-24,31H,4-5,7-8,14-15H2,1-3H3/t20-,21-,23+,24-/m0/s1. The first-order valence-corrected chi connectivity index (χ1v) is 12.4. The number of benzene rings is 1. The first-order chi connectivity index (χ1) is 16.9. The Morgan fingerprint density at radius 2 is 1.89 bits per heavy atom. The highest BCUT2D eigenvalue weighted by molar-refractivity contribution is 5.90. The number of ether oxygens (including phenoxy) is 1. The number of aromatic nitrogens is 1. The molecule has 1 saturated carbocycles. The van der Waals surface area contributed by atoms with Crippen molar-refractivity contribution < 1.29 is 19.4 Å². The van der Waals surface area contributed by atoms with Gasteiger partial charge in [-0.2, -0.15) is 0 Å². The van der Waals surface area contributed by atoms with E-state index in [0.29, 0.717) is 17.9 Å². The number of pyridine rings is 1. The Balaban J connectivity index is 1.60. The number of methoxy groups -OCH3 is 1. The summed E-state index contributed by atoms with van der Waals surface area (Å²) in [6.45, 7) is 0.152. The number of rotatable bonds is 5. The maximum atomic E-state index is 13.8. The lowest BCUT2D eigenvalue weighted by Gasteiger charge is -2.34. The first kappa shape index (κ1) is 23.6. The van der Waals surface area contributed by atoms with Crippen LogP contribution in [0.2, 0.25) is 0 Å². The highest BCUT2D eigenvalue weighted by Gasteiger charge is 2.58. The molecule has 2 fully saturated rings. The van der Waals surface area contributed by atoms with Gasteiger partial charge in [0.1, 0.15) is 11.8 Å². The second-order valence-corrected chi connectivity index (χ2v) is 10.2. The van der Waals surface area contributed by atoms with Crippen molar-refractivity contribution in [3.8, 4) is 16.9 Å². The van der Waals surface area contributed by atoms with Crippen molar-refractivity contribution in [2.75, 3.05) is 27.8 Å². The summed E-state index contributed by atoms with van der Waals surface area (Å²) in [5.41, 5.74) is 1.93. The monoisotopic (exact) mass is 479 g/mol. The molecule has 186 valence electrons. The fourth-order valence-electron chi connectivity index (χ4n) is 6.37. The van der Waals surface area contributed by atoms with Gasteiger partial charge in [0, 0.05) is 56.3 Å². The lowest BCUT2D eigenvalue weighted by Crippen LogP contribution is -2.51. The normalized spacial score (nSPS) is 25.4. The minimum Gasteiger partial charge on any atom is -0.497 e. The van der Waals surface area contributed by atoms with E-state index in [1.165, 1.54) is 4.90 Å². The third-order valence-corrected chi connectivity index (χ3v) is 8.11. The van der Waals surface area contributed by atoms with Crippen molar-refractivity contribution in [2.24, 2.45) is 17.8 Å². The van der Waals surface area contributed by atoms with Crippen LogP contribution in [0.15, 0.2) is 41.2 Å². The van der Waals surface area contributed by atoms with Crippen molar-refractivity contribution in [1.29, 1.82) is 0 Å². The van der Waals surface area contributed by atoms with Gasteiger partial charge in [0.2, 0.25) is 11.8 Å². The van der Waals surface area contributed by atoms with Gasteiger partial charge in [-0.05, 0) is 42.7 Å². The zero-order valence-corrected chi connectivity index (χ0v) is 20.5. The molecular weight excluding hydrogens is 446 g/mol. The van der Waals surface area contributed by atoms with E-state index in [1.807, 2.05) is 30.3 Å². The molecule has 0 radical (unpaired) electrons. The largest absolute Gasteiger partial charge is 0.497 e. The molecule has 8 heteroatoms. The molecule has 3 aliphatic rings. The van der Waals surface area contributed by atoms with Crippen molar-refractivity contribution in [3.05, 3.63) is 52.4 Å². The number of carbonyl (C=O) groups is 2. The Hall–Kier alpha value is -3.13. The fraction of sp³-hybridized carbons (Fsp3) is 0.519. The molecule has 2 aromatic rings. The number of hydrogen-bond acceptors (Lipinski definition) is 5. The van der Waals surface area contributed by atoms with Crippen LogP contribution in [0.4, 0.5) is 0 Å². The number of carbonyl (C=O) groups excluding carboxylic acids is 2. The molecule has 1 N–H and O–H groups in total. The Kier molecular flexibility index (Phi) is 6.17. The predicted molar refractivity (Wildman–Crippen MR) is 131 cm³/mol. The Labute approximate surface area is 205 Å². The molecule has 0 bridgehead atoms. The third-order valence-electron chi connectivity index (χ3n) is 8.11. The fourth-order valence-corrected chi connectivity index (χ4v) is 6.37. The molecule has 0 spiro atoms. The van der Waals surface area contributed by atoms with Crippen LogP contribution in [0.3, 0.4) is 0 Å². The second-order valence-electron chi connectivity index (χ2n) is 10.2. The summed E-state index contributed by atoms with van der Waals surface area (Å²) in [4.78, 5) is 44.0. The van der Waals surface area contributed by atoms with E-state index in [2.05, 4.69) is 0 Å². The Morgan fingerprint density at radius 1 is 1.14 bits per heavy atom. The van der Waals surface area contributed by atoms with E-state index in [-0.39, 0.29) is 35.8 Å². The van der Waals surface area contributed by atoms with Gasteiger partial charge < -0.3 is 24.2 Å². The van der Waals surface area contributed by atoms with Crippen LogP contribution in [-0.4, -0.2) is 65.1 Å². The number of likely N-dealkylation sites (tertiary alicyclic amines) is 1. The van der Waals surface area contributed by atoms with E-state index in [4.69, 9.17) is 4.74 Å². The molecule has 8 nitrogen and oxygen atoms in total. The van der Waals surface area contributed by atoms with Crippen LogP contribution in [0.1, 0.15) is 37.4 Å². The molecule has 1 aromatic carbocycles. The topological polar surface area (TPSA) is 92.1 Å². The zero-order valence-electron chi connectivity index (χ0n) is 20.5. The molecule has 1 aliphatic carbocycles. The van der Waals surface area contributed by atoms with Crippen molar-refractivity contribution in [2.45, 2.75) is 44.3 Å². The van der Waals surface area contributed by atoms with Crippen LogP contribution < -0.4 is 10.3 Å². The summed E-state index contributed by atoms with van der Waals surface area (Å²) < 4.78 is 7.06. The minimum atomic E-state index is -0.722. The molecule has 35 heavy (non-hydrogen) atoms. The molecule has 1 aromatic heterocycles. The summed E-state index contributed by atoms with van der Waals surface area (Å²) in [6, 6.07) is 9.98. The number of fused-ring (bicyclic) bond motifs is 3. The molecule has 5 rings (SSSR count). The third kappa shape index (κ3) is 3.75. The number of aliphatic hydroxyl groups is 1. The lowest BCUT2D eigenvalue weighted by atomic mass is 9.88. The SMILES string of the molecule is COc1cccc(-c2ccc3n(c2=O)C[C@H]2[C@H](CO)[C@@H](C(=O)N(C)C)N(C(=O)C4CCCC4)[C@@H]32)c1.